The van der Waals surface area contributed by atoms with E-state index in [1.807, 2.05) is 13.0 Å². The van der Waals surface area contributed by atoms with Gasteiger partial charge in [-0.2, -0.15) is 0 Å². The zero-order valence-electron chi connectivity index (χ0n) is 15.1. The molecule has 1 spiro atoms. The number of aliphatic hydroxyl groups excluding tert-OH is 3. The van der Waals surface area contributed by atoms with Crippen molar-refractivity contribution in [3.63, 3.8) is 0 Å². The Morgan fingerprint density at radius 1 is 1.22 bits per heavy atom. The van der Waals surface area contributed by atoms with Crippen LogP contribution in [0.1, 0.15) is 34.2 Å². The van der Waals surface area contributed by atoms with Crippen LogP contribution in [0.5, 0.6) is 0 Å². The van der Waals surface area contributed by atoms with E-state index in [9.17, 15) is 19.7 Å². The van der Waals surface area contributed by atoms with Gasteiger partial charge in [-0.25, -0.2) is 4.39 Å². The fraction of sp³-hybridized carbons (Fsp3) is 0.429. The predicted octanol–water partition coefficient (Wildman–Crippen LogP) is 2.63. The van der Waals surface area contributed by atoms with Crippen LogP contribution in [-0.2, 0) is 22.7 Å². The Kier molecular flexibility index (Phi) is 5.03. The third-order valence-electron chi connectivity index (χ3n) is 5.49. The maximum atomic E-state index is 13.2. The lowest BCUT2D eigenvalue weighted by Crippen LogP contribution is -2.51. The highest BCUT2D eigenvalue weighted by molar-refractivity contribution is 8.00. The largest absolute Gasteiger partial charge is 0.395 e. The molecule has 1 saturated heterocycles. The second kappa shape index (κ2) is 7.18. The average Bonchev–Trinajstić information content (AvgIpc) is 2.99. The summed E-state index contributed by atoms with van der Waals surface area (Å²) in [5, 5.41) is 30.5. The molecule has 0 saturated carbocycles. The van der Waals surface area contributed by atoms with E-state index in [0.29, 0.717) is 19.4 Å². The first-order valence-corrected chi connectivity index (χ1v) is 9.97. The van der Waals surface area contributed by atoms with E-state index in [1.165, 1.54) is 23.9 Å². The molecule has 1 fully saturated rings. The molecule has 27 heavy (non-hydrogen) atoms. The Bertz CT molecular complexity index is 841. The summed E-state index contributed by atoms with van der Waals surface area (Å²) in [6.45, 7) is 2.31. The fourth-order valence-electron chi connectivity index (χ4n) is 4.00. The van der Waals surface area contributed by atoms with Gasteiger partial charge < -0.3 is 20.1 Å². The summed E-state index contributed by atoms with van der Waals surface area (Å²) in [5.74, 6) is -0.262. The Labute approximate surface area is 162 Å². The molecule has 2 aromatic rings. The van der Waals surface area contributed by atoms with E-state index in [0.717, 1.165) is 27.8 Å². The van der Waals surface area contributed by atoms with Gasteiger partial charge >= 0.3 is 0 Å². The number of aliphatic hydroxyl groups is 3. The smallest absolute Gasteiger partial charge is 0.168 e. The number of ether oxygens (including phenoxy) is 1. The minimum Gasteiger partial charge on any atom is -0.395 e. The summed E-state index contributed by atoms with van der Waals surface area (Å²) >= 11 is 1.39. The van der Waals surface area contributed by atoms with Crippen LogP contribution in [0.4, 0.5) is 4.39 Å². The first-order chi connectivity index (χ1) is 12.9. The molecule has 0 aliphatic carbocycles. The standard InChI is InChI=1S/C21H23FO4S/c1-12-6-15-11-26-21(20(25)19(24)9-17(10-23)27-21)18(15)8-14(12)7-13-2-4-16(22)5-3-13/h2-6,8,17,19-20,23-25H,7,9-11H2,1H3/t17-,19-,20+,21-/m0/s1. The van der Waals surface area contributed by atoms with Gasteiger partial charge in [0.05, 0.1) is 19.3 Å². The number of thioether (sulfide) groups is 1. The van der Waals surface area contributed by atoms with Crippen molar-refractivity contribution in [1.82, 2.24) is 0 Å². The van der Waals surface area contributed by atoms with Gasteiger partial charge in [0.25, 0.3) is 0 Å². The number of fused-ring (bicyclic) bond motifs is 2. The molecule has 0 radical (unpaired) electrons. The molecule has 0 aromatic heterocycles. The van der Waals surface area contributed by atoms with Crippen LogP contribution in [0.3, 0.4) is 0 Å². The molecular weight excluding hydrogens is 367 g/mol. The second-order valence-corrected chi connectivity index (χ2v) is 8.87. The molecule has 0 amide bonds. The van der Waals surface area contributed by atoms with Crippen molar-refractivity contribution < 1.29 is 24.4 Å². The van der Waals surface area contributed by atoms with Gasteiger partial charge in [0, 0.05) is 10.8 Å². The summed E-state index contributed by atoms with van der Waals surface area (Å²) in [4.78, 5) is -1.06. The van der Waals surface area contributed by atoms with Gasteiger partial charge in [-0.1, -0.05) is 24.3 Å². The number of rotatable bonds is 3. The van der Waals surface area contributed by atoms with Gasteiger partial charge in [0.15, 0.2) is 4.93 Å². The van der Waals surface area contributed by atoms with Crippen LogP contribution < -0.4 is 0 Å². The molecule has 3 N–H and O–H groups in total. The van der Waals surface area contributed by atoms with Gasteiger partial charge in [-0.3, -0.25) is 0 Å². The molecule has 6 heteroatoms. The van der Waals surface area contributed by atoms with Crippen LogP contribution in [0.25, 0.3) is 0 Å². The van der Waals surface area contributed by atoms with Gasteiger partial charge in [0.1, 0.15) is 11.9 Å². The van der Waals surface area contributed by atoms with E-state index < -0.39 is 17.1 Å². The van der Waals surface area contributed by atoms with E-state index in [4.69, 9.17) is 4.74 Å². The monoisotopic (exact) mass is 390 g/mol. The van der Waals surface area contributed by atoms with Crippen molar-refractivity contribution in [2.45, 2.75) is 48.8 Å². The van der Waals surface area contributed by atoms with E-state index in [2.05, 4.69) is 6.07 Å². The molecule has 4 rings (SSSR count). The molecule has 0 bridgehead atoms. The predicted molar refractivity (Wildman–Crippen MR) is 102 cm³/mol. The molecule has 0 unspecified atom stereocenters. The Morgan fingerprint density at radius 2 is 1.96 bits per heavy atom. The van der Waals surface area contributed by atoms with E-state index in [1.54, 1.807) is 12.1 Å². The minimum atomic E-state index is -1.06. The third-order valence-corrected chi connectivity index (χ3v) is 7.09. The van der Waals surface area contributed by atoms with Crippen LogP contribution in [0, 0.1) is 12.7 Å². The molecule has 2 aromatic carbocycles. The Balaban J connectivity index is 1.73. The quantitative estimate of drug-likeness (QED) is 0.752. The Hall–Kier alpha value is -1.44. The van der Waals surface area contributed by atoms with Gasteiger partial charge in [-0.15, -0.1) is 11.8 Å². The van der Waals surface area contributed by atoms with Crippen molar-refractivity contribution in [2.75, 3.05) is 6.61 Å². The number of hydrogen-bond donors (Lipinski definition) is 3. The van der Waals surface area contributed by atoms with Crippen molar-refractivity contribution in [3.8, 4) is 0 Å². The summed E-state index contributed by atoms with van der Waals surface area (Å²) < 4.78 is 19.2. The molecular formula is C21H23FO4S. The zero-order valence-corrected chi connectivity index (χ0v) is 15.9. The summed E-state index contributed by atoms with van der Waals surface area (Å²) in [6.07, 6.45) is -1.04. The lowest BCUT2D eigenvalue weighted by atomic mass is 9.90. The molecule has 144 valence electrons. The minimum absolute atomic E-state index is 0.0802. The average molecular weight is 390 g/mol. The van der Waals surface area contributed by atoms with Crippen molar-refractivity contribution in [1.29, 1.82) is 0 Å². The van der Waals surface area contributed by atoms with Gasteiger partial charge in [-0.05, 0) is 54.2 Å². The Morgan fingerprint density at radius 3 is 2.67 bits per heavy atom. The second-order valence-electron chi connectivity index (χ2n) is 7.37. The summed E-state index contributed by atoms with van der Waals surface area (Å²) in [7, 11) is 0. The maximum Gasteiger partial charge on any atom is 0.168 e. The van der Waals surface area contributed by atoms with E-state index >= 15 is 0 Å². The number of benzene rings is 2. The molecule has 4 atom stereocenters. The lowest BCUT2D eigenvalue weighted by molar-refractivity contribution is -0.115. The van der Waals surface area contributed by atoms with Crippen LogP contribution in [0.15, 0.2) is 36.4 Å². The van der Waals surface area contributed by atoms with Crippen LogP contribution in [-0.4, -0.2) is 39.4 Å². The molecule has 4 nitrogen and oxygen atoms in total. The highest BCUT2D eigenvalue weighted by Gasteiger charge is 2.54. The first-order valence-electron chi connectivity index (χ1n) is 9.09. The normalized spacial score (nSPS) is 29.9. The maximum absolute atomic E-state index is 13.2. The first kappa shape index (κ1) is 18.9. The molecule has 2 aliphatic rings. The molecule has 2 heterocycles. The van der Waals surface area contributed by atoms with Crippen molar-refractivity contribution in [3.05, 3.63) is 70.0 Å². The topological polar surface area (TPSA) is 69.9 Å². The number of hydrogen-bond acceptors (Lipinski definition) is 5. The van der Waals surface area contributed by atoms with Crippen LogP contribution in [0.2, 0.25) is 0 Å². The van der Waals surface area contributed by atoms with Crippen molar-refractivity contribution >= 4 is 11.8 Å². The highest BCUT2D eigenvalue weighted by Crippen LogP contribution is 2.54. The summed E-state index contributed by atoms with van der Waals surface area (Å²) in [5.41, 5.74) is 5.03. The molecule has 2 aliphatic heterocycles. The SMILES string of the molecule is Cc1cc2c(cc1Cc1ccc(F)cc1)[C@]1(OC2)S[C@H](CO)C[C@H](O)[C@H]1O. The third kappa shape index (κ3) is 3.30. The summed E-state index contributed by atoms with van der Waals surface area (Å²) in [6, 6.07) is 10.5. The zero-order chi connectivity index (χ0) is 19.2. The van der Waals surface area contributed by atoms with Crippen LogP contribution >= 0.6 is 11.8 Å². The number of aryl methyl sites for hydroxylation is 1. The fourth-order valence-corrected chi connectivity index (χ4v) is 5.61. The van der Waals surface area contributed by atoms with Gasteiger partial charge in [0.2, 0.25) is 0 Å². The van der Waals surface area contributed by atoms with E-state index in [-0.39, 0.29) is 17.7 Å². The lowest BCUT2D eigenvalue weighted by Gasteiger charge is -2.43. The highest BCUT2D eigenvalue weighted by atomic mass is 32.2. The number of halogens is 1. The van der Waals surface area contributed by atoms with Crippen molar-refractivity contribution in [2.24, 2.45) is 0 Å².